The first-order valence-electron chi connectivity index (χ1n) is 3.95. The fourth-order valence-corrected chi connectivity index (χ4v) is 1.55. The molecule has 2 N–H and O–H groups in total. The molecule has 0 aromatic heterocycles. The van der Waals surface area contributed by atoms with Crippen LogP contribution >= 0.6 is 23.2 Å². The number of halogens is 2. The van der Waals surface area contributed by atoms with Crippen molar-refractivity contribution in [3.05, 3.63) is 27.7 Å². The van der Waals surface area contributed by atoms with Crippen LogP contribution in [0.1, 0.15) is 12.5 Å². The Bertz CT molecular complexity index is 396. The van der Waals surface area contributed by atoms with E-state index < -0.39 is 5.97 Å². The monoisotopic (exact) mass is 246 g/mol. The van der Waals surface area contributed by atoms with E-state index in [4.69, 9.17) is 33.8 Å². The summed E-state index contributed by atoms with van der Waals surface area (Å²) in [6.45, 7) is 1.29. The molecule has 0 bridgehead atoms. The molecule has 0 aliphatic rings. The van der Waals surface area contributed by atoms with Gasteiger partial charge in [0.1, 0.15) is 5.75 Å². The molecule has 0 unspecified atom stereocenters. The molecule has 0 saturated heterocycles. The molecule has 0 spiro atoms. The van der Waals surface area contributed by atoms with Gasteiger partial charge in [-0.05, 0) is 0 Å². The maximum Gasteiger partial charge on any atom is 0.308 e. The molecule has 0 aliphatic carbocycles. The number of carbonyl (C=O) groups is 1. The van der Waals surface area contributed by atoms with Gasteiger partial charge in [-0.25, -0.2) is 0 Å². The summed E-state index contributed by atoms with van der Waals surface area (Å²) in [5.74, 6) is 4.83. The first-order chi connectivity index (χ1) is 7.04. The predicted molar refractivity (Wildman–Crippen MR) is 59.6 cm³/mol. The predicted octanol–water partition coefficient (Wildman–Crippen LogP) is 2.21. The minimum absolute atomic E-state index is 0.284. The van der Waals surface area contributed by atoms with Crippen LogP contribution in [0.15, 0.2) is 17.2 Å². The molecule has 0 radical (unpaired) electrons. The van der Waals surface area contributed by atoms with E-state index in [1.165, 1.54) is 25.3 Å². The van der Waals surface area contributed by atoms with Gasteiger partial charge < -0.3 is 10.6 Å². The molecule has 0 fully saturated rings. The number of rotatable bonds is 2. The molecule has 1 rings (SSSR count). The summed E-state index contributed by atoms with van der Waals surface area (Å²) in [7, 11) is 0. The fraction of sp³-hybridized carbons (Fsp3) is 0.111. The highest BCUT2D eigenvalue weighted by molar-refractivity contribution is 6.38. The maximum absolute atomic E-state index is 10.7. The van der Waals surface area contributed by atoms with E-state index in [-0.39, 0.29) is 5.75 Å². The normalized spacial score (nSPS) is 10.6. The van der Waals surface area contributed by atoms with Crippen LogP contribution < -0.4 is 10.6 Å². The van der Waals surface area contributed by atoms with Gasteiger partial charge in [-0.1, -0.05) is 23.2 Å². The molecule has 1 aromatic carbocycles. The van der Waals surface area contributed by atoms with Gasteiger partial charge in [-0.3, -0.25) is 4.79 Å². The van der Waals surface area contributed by atoms with Gasteiger partial charge in [0.05, 0.1) is 16.3 Å². The van der Waals surface area contributed by atoms with Crippen molar-refractivity contribution in [3.63, 3.8) is 0 Å². The molecule has 80 valence electrons. The minimum Gasteiger partial charge on any atom is -0.427 e. The first-order valence-corrected chi connectivity index (χ1v) is 4.71. The van der Waals surface area contributed by atoms with E-state index in [2.05, 4.69) is 5.10 Å². The lowest BCUT2D eigenvalue weighted by Gasteiger charge is -2.05. The Morgan fingerprint density at radius 3 is 2.40 bits per heavy atom. The van der Waals surface area contributed by atoms with E-state index in [1.807, 2.05) is 0 Å². The number of benzene rings is 1. The third-order valence-electron chi connectivity index (χ3n) is 1.52. The number of hydrogen-bond donors (Lipinski definition) is 1. The van der Waals surface area contributed by atoms with Crippen LogP contribution in [-0.4, -0.2) is 12.2 Å². The summed E-state index contributed by atoms with van der Waals surface area (Å²) in [4.78, 5) is 10.7. The Balaban J connectivity index is 3.13. The van der Waals surface area contributed by atoms with Crippen LogP contribution in [0.4, 0.5) is 0 Å². The molecule has 0 atom stereocenters. The van der Waals surface area contributed by atoms with E-state index >= 15 is 0 Å². The summed E-state index contributed by atoms with van der Waals surface area (Å²) in [5.41, 5.74) is 0.483. The van der Waals surface area contributed by atoms with Crippen molar-refractivity contribution in [1.29, 1.82) is 0 Å². The van der Waals surface area contributed by atoms with Gasteiger partial charge in [0.2, 0.25) is 0 Å². The molecule has 4 nitrogen and oxygen atoms in total. The van der Waals surface area contributed by atoms with Gasteiger partial charge in [0.15, 0.2) is 0 Å². The van der Waals surface area contributed by atoms with Crippen molar-refractivity contribution >= 4 is 35.4 Å². The Morgan fingerprint density at radius 2 is 2.00 bits per heavy atom. The quantitative estimate of drug-likeness (QED) is 0.286. The second-order valence-corrected chi connectivity index (χ2v) is 3.49. The number of nitrogens with zero attached hydrogens (tertiary/aromatic N) is 1. The van der Waals surface area contributed by atoms with E-state index in [0.717, 1.165) is 0 Å². The van der Waals surface area contributed by atoms with Gasteiger partial charge in [0, 0.05) is 24.6 Å². The minimum atomic E-state index is -0.442. The zero-order chi connectivity index (χ0) is 11.4. The van der Waals surface area contributed by atoms with Crippen molar-refractivity contribution in [1.82, 2.24) is 0 Å². The highest BCUT2D eigenvalue weighted by Crippen LogP contribution is 2.29. The van der Waals surface area contributed by atoms with Crippen LogP contribution in [-0.2, 0) is 4.79 Å². The SMILES string of the molecule is CC(=O)Oc1cc(Cl)c(C=NN)c(Cl)c1. The average Bonchev–Trinajstić information content (AvgIpc) is 2.10. The van der Waals surface area contributed by atoms with E-state index in [0.29, 0.717) is 15.6 Å². The average molecular weight is 247 g/mol. The van der Waals surface area contributed by atoms with Crippen molar-refractivity contribution in [2.45, 2.75) is 6.92 Å². The van der Waals surface area contributed by atoms with Crippen molar-refractivity contribution < 1.29 is 9.53 Å². The molecular formula is C9H8Cl2N2O2. The van der Waals surface area contributed by atoms with Gasteiger partial charge >= 0.3 is 5.97 Å². The zero-order valence-electron chi connectivity index (χ0n) is 7.83. The second kappa shape index (κ2) is 5.00. The van der Waals surface area contributed by atoms with Crippen molar-refractivity contribution in [2.24, 2.45) is 10.9 Å². The number of carbonyl (C=O) groups excluding carboxylic acids is 1. The molecule has 6 heteroatoms. The third kappa shape index (κ3) is 3.11. The molecule has 1 aromatic rings. The molecule has 0 amide bonds. The Morgan fingerprint density at radius 1 is 1.47 bits per heavy atom. The largest absolute Gasteiger partial charge is 0.427 e. The summed E-state index contributed by atoms with van der Waals surface area (Å²) in [6, 6.07) is 2.93. The molecule has 0 heterocycles. The number of nitrogens with two attached hydrogens (primary N) is 1. The second-order valence-electron chi connectivity index (χ2n) is 2.67. The van der Waals surface area contributed by atoms with Crippen LogP contribution in [0.3, 0.4) is 0 Å². The lowest BCUT2D eigenvalue weighted by Crippen LogP contribution is -2.02. The topological polar surface area (TPSA) is 64.7 Å². The Kier molecular flexibility index (Phi) is 3.94. The Labute approximate surface area is 96.6 Å². The highest BCUT2D eigenvalue weighted by atomic mass is 35.5. The summed E-state index contributed by atoms with van der Waals surface area (Å²) in [5, 5.41) is 3.94. The first kappa shape index (κ1) is 11.8. The Hall–Kier alpha value is -1.26. The molecule has 0 aliphatic heterocycles. The maximum atomic E-state index is 10.7. The van der Waals surface area contributed by atoms with Crippen molar-refractivity contribution in [2.75, 3.05) is 0 Å². The lowest BCUT2D eigenvalue weighted by atomic mass is 10.2. The number of hydrazone groups is 1. The number of esters is 1. The summed E-state index contributed by atoms with van der Waals surface area (Å²) >= 11 is 11.7. The summed E-state index contributed by atoms with van der Waals surface area (Å²) in [6.07, 6.45) is 1.32. The van der Waals surface area contributed by atoms with E-state index in [9.17, 15) is 4.79 Å². The van der Waals surface area contributed by atoms with Gasteiger partial charge in [-0.15, -0.1) is 0 Å². The van der Waals surface area contributed by atoms with Crippen LogP contribution in [0.5, 0.6) is 5.75 Å². The van der Waals surface area contributed by atoms with Gasteiger partial charge in [0.25, 0.3) is 0 Å². The molecular weight excluding hydrogens is 239 g/mol. The highest BCUT2D eigenvalue weighted by Gasteiger charge is 2.08. The lowest BCUT2D eigenvalue weighted by molar-refractivity contribution is -0.131. The third-order valence-corrected chi connectivity index (χ3v) is 2.14. The molecule has 0 saturated carbocycles. The number of ether oxygens (including phenoxy) is 1. The standard InChI is InChI=1S/C9H8Cl2N2O2/c1-5(14)15-6-2-8(10)7(4-13-12)9(11)3-6/h2-4H,12H2,1H3. The smallest absolute Gasteiger partial charge is 0.308 e. The zero-order valence-corrected chi connectivity index (χ0v) is 9.34. The van der Waals surface area contributed by atoms with Crippen molar-refractivity contribution in [3.8, 4) is 5.75 Å². The van der Waals surface area contributed by atoms with Crippen LogP contribution in [0.2, 0.25) is 10.0 Å². The van der Waals surface area contributed by atoms with Crippen LogP contribution in [0.25, 0.3) is 0 Å². The van der Waals surface area contributed by atoms with Gasteiger partial charge in [-0.2, -0.15) is 5.10 Å². The molecule has 15 heavy (non-hydrogen) atoms. The summed E-state index contributed by atoms with van der Waals surface area (Å²) < 4.78 is 4.83. The fourth-order valence-electron chi connectivity index (χ4n) is 0.984. The van der Waals surface area contributed by atoms with Crippen LogP contribution in [0, 0.1) is 0 Å². The number of hydrogen-bond acceptors (Lipinski definition) is 4. The van der Waals surface area contributed by atoms with E-state index in [1.54, 1.807) is 0 Å².